The van der Waals surface area contributed by atoms with Crippen LogP contribution in [0.5, 0.6) is 0 Å². The molecule has 2 amide bonds. The average Bonchev–Trinajstić information content (AvgIpc) is 2.31. The summed E-state index contributed by atoms with van der Waals surface area (Å²) in [5, 5.41) is 3.09. The maximum absolute atomic E-state index is 12.1. The van der Waals surface area contributed by atoms with Gasteiger partial charge in [0.2, 0.25) is 11.8 Å². The number of nitrogens with two attached hydrogens (primary N) is 2. The third-order valence-corrected chi connectivity index (χ3v) is 3.35. The number of carbonyl (C=O) groups is 2. The van der Waals surface area contributed by atoms with Gasteiger partial charge in [0.15, 0.2) is 0 Å². The zero-order valence-electron chi connectivity index (χ0n) is 11.1. The quantitative estimate of drug-likeness (QED) is 0.712. The number of rotatable bonds is 5. The van der Waals surface area contributed by atoms with Crippen molar-refractivity contribution in [2.24, 2.45) is 5.73 Å². The number of halogens is 2. The van der Waals surface area contributed by atoms with Crippen LogP contribution in [0.2, 0.25) is 10.0 Å². The van der Waals surface area contributed by atoms with E-state index in [9.17, 15) is 9.59 Å². The van der Waals surface area contributed by atoms with Crippen molar-refractivity contribution in [3.05, 3.63) is 22.2 Å². The molecule has 1 unspecified atom stereocenters. The molecular formula is C12H16Cl2N4O2. The number of hydrogen-bond donors (Lipinski definition) is 3. The zero-order chi connectivity index (χ0) is 15.4. The maximum atomic E-state index is 12.1. The van der Waals surface area contributed by atoms with Crippen molar-refractivity contribution < 1.29 is 9.59 Å². The molecule has 0 saturated carbocycles. The van der Waals surface area contributed by atoms with Crippen LogP contribution in [-0.2, 0) is 9.59 Å². The third-order valence-electron chi connectivity index (χ3n) is 2.76. The molecule has 110 valence electrons. The predicted octanol–water partition coefficient (Wildman–Crippen LogP) is 1.32. The van der Waals surface area contributed by atoms with E-state index in [1.54, 1.807) is 14.0 Å². The monoisotopic (exact) mass is 318 g/mol. The van der Waals surface area contributed by atoms with E-state index < -0.39 is 11.9 Å². The molecule has 0 aromatic heterocycles. The summed E-state index contributed by atoms with van der Waals surface area (Å²) in [6.45, 7) is 1.61. The maximum Gasteiger partial charge on any atom is 0.241 e. The standard InChI is InChI=1S/C12H16Cl2N4O2/c1-6(18(2)5-10(16)19)12(20)17-11-8(13)3-7(15)4-9(11)14/h3-4,6H,5,15H2,1-2H3,(H2,16,19)(H,17,20). The first kappa shape index (κ1) is 16.6. The van der Waals surface area contributed by atoms with Gasteiger partial charge in [-0.2, -0.15) is 0 Å². The van der Waals surface area contributed by atoms with E-state index in [1.807, 2.05) is 0 Å². The Hall–Kier alpha value is -1.50. The molecular weight excluding hydrogens is 303 g/mol. The van der Waals surface area contributed by atoms with Crippen LogP contribution >= 0.6 is 23.2 Å². The van der Waals surface area contributed by atoms with Gasteiger partial charge >= 0.3 is 0 Å². The Balaban J connectivity index is 2.83. The molecule has 1 rings (SSSR count). The highest BCUT2D eigenvalue weighted by atomic mass is 35.5. The Bertz CT molecular complexity index is 513. The molecule has 0 fully saturated rings. The summed E-state index contributed by atoms with van der Waals surface area (Å²) < 4.78 is 0. The van der Waals surface area contributed by atoms with Crippen LogP contribution in [0, 0.1) is 0 Å². The fourth-order valence-corrected chi connectivity index (χ4v) is 2.12. The fourth-order valence-electron chi connectivity index (χ4n) is 1.52. The van der Waals surface area contributed by atoms with Crippen molar-refractivity contribution in [1.82, 2.24) is 4.90 Å². The molecule has 20 heavy (non-hydrogen) atoms. The van der Waals surface area contributed by atoms with Gasteiger partial charge in [-0.25, -0.2) is 0 Å². The first-order valence-electron chi connectivity index (χ1n) is 5.76. The molecule has 6 nitrogen and oxygen atoms in total. The van der Waals surface area contributed by atoms with Crippen molar-refractivity contribution in [3.8, 4) is 0 Å². The Morgan fingerprint density at radius 3 is 2.30 bits per heavy atom. The number of amides is 2. The summed E-state index contributed by atoms with van der Waals surface area (Å²) in [7, 11) is 1.61. The highest BCUT2D eigenvalue weighted by molar-refractivity contribution is 6.40. The molecule has 0 spiro atoms. The highest BCUT2D eigenvalue weighted by Crippen LogP contribution is 2.32. The molecule has 1 aromatic carbocycles. The number of nitrogens with one attached hydrogen (secondary N) is 1. The van der Waals surface area contributed by atoms with Gasteiger partial charge in [0.05, 0.1) is 28.3 Å². The van der Waals surface area contributed by atoms with Crippen LogP contribution < -0.4 is 16.8 Å². The lowest BCUT2D eigenvalue weighted by Crippen LogP contribution is -2.43. The molecule has 1 aromatic rings. The van der Waals surface area contributed by atoms with E-state index in [0.29, 0.717) is 5.69 Å². The number of likely N-dealkylation sites (N-methyl/N-ethyl adjacent to an activating group) is 1. The topological polar surface area (TPSA) is 101 Å². The number of nitrogen functional groups attached to an aromatic ring is 1. The van der Waals surface area contributed by atoms with Gasteiger partial charge in [-0.05, 0) is 26.1 Å². The number of anilines is 2. The lowest BCUT2D eigenvalue weighted by Gasteiger charge is -2.22. The summed E-state index contributed by atoms with van der Waals surface area (Å²) in [5.41, 5.74) is 11.3. The van der Waals surface area contributed by atoms with E-state index in [1.165, 1.54) is 17.0 Å². The molecule has 0 bridgehead atoms. The highest BCUT2D eigenvalue weighted by Gasteiger charge is 2.21. The first-order chi connectivity index (χ1) is 9.22. The second-order valence-corrected chi connectivity index (χ2v) is 5.22. The van der Waals surface area contributed by atoms with E-state index in [4.69, 9.17) is 34.7 Å². The van der Waals surface area contributed by atoms with Gasteiger partial charge in [-0.15, -0.1) is 0 Å². The van der Waals surface area contributed by atoms with Gasteiger partial charge in [-0.1, -0.05) is 23.2 Å². The Kier molecular flexibility index (Phi) is 5.62. The number of benzene rings is 1. The lowest BCUT2D eigenvalue weighted by molar-refractivity contribution is -0.123. The summed E-state index contributed by atoms with van der Waals surface area (Å²) >= 11 is 12.0. The number of carbonyl (C=O) groups excluding carboxylic acids is 2. The average molecular weight is 319 g/mol. The predicted molar refractivity (Wildman–Crippen MR) is 80.8 cm³/mol. The van der Waals surface area contributed by atoms with Crippen LogP contribution in [0.1, 0.15) is 6.92 Å². The molecule has 8 heteroatoms. The van der Waals surface area contributed by atoms with E-state index in [2.05, 4.69) is 5.32 Å². The number of nitrogens with zero attached hydrogens (tertiary/aromatic N) is 1. The normalized spacial score (nSPS) is 12.2. The molecule has 0 heterocycles. The SMILES string of the molecule is CC(C(=O)Nc1c(Cl)cc(N)cc1Cl)N(C)CC(N)=O. The minimum Gasteiger partial charge on any atom is -0.399 e. The number of primary amides is 1. The van der Waals surface area contributed by atoms with Crippen molar-refractivity contribution in [1.29, 1.82) is 0 Å². The summed E-state index contributed by atoms with van der Waals surface area (Å²) in [6.07, 6.45) is 0. The molecule has 1 atom stereocenters. The molecule has 0 aliphatic rings. The van der Waals surface area contributed by atoms with Crippen LogP contribution in [0.3, 0.4) is 0 Å². The van der Waals surface area contributed by atoms with Crippen molar-refractivity contribution in [3.63, 3.8) is 0 Å². The Labute approximate surface area is 127 Å². The smallest absolute Gasteiger partial charge is 0.241 e. The lowest BCUT2D eigenvalue weighted by atomic mass is 10.2. The van der Waals surface area contributed by atoms with Crippen LogP contribution in [0.4, 0.5) is 11.4 Å². The number of hydrogen-bond acceptors (Lipinski definition) is 4. The summed E-state index contributed by atoms with van der Waals surface area (Å²) in [6, 6.07) is 2.40. The van der Waals surface area contributed by atoms with Gasteiger partial charge in [-0.3, -0.25) is 14.5 Å². The second-order valence-electron chi connectivity index (χ2n) is 4.41. The van der Waals surface area contributed by atoms with E-state index in [-0.39, 0.29) is 28.2 Å². The summed E-state index contributed by atoms with van der Waals surface area (Å²) in [4.78, 5) is 24.4. The Morgan fingerprint density at radius 1 is 1.35 bits per heavy atom. The van der Waals surface area contributed by atoms with Gasteiger partial charge in [0, 0.05) is 5.69 Å². The molecule has 0 aliphatic heterocycles. The van der Waals surface area contributed by atoms with E-state index in [0.717, 1.165) is 0 Å². The zero-order valence-corrected chi connectivity index (χ0v) is 12.6. The van der Waals surface area contributed by atoms with Gasteiger partial charge in [0.25, 0.3) is 0 Å². The van der Waals surface area contributed by atoms with Crippen LogP contribution in [0.15, 0.2) is 12.1 Å². The third kappa shape index (κ3) is 4.26. The minimum atomic E-state index is -0.577. The largest absolute Gasteiger partial charge is 0.399 e. The van der Waals surface area contributed by atoms with Crippen molar-refractivity contribution in [2.45, 2.75) is 13.0 Å². The van der Waals surface area contributed by atoms with Gasteiger partial charge < -0.3 is 16.8 Å². The molecule has 0 radical (unpaired) electrons. The molecule has 5 N–H and O–H groups in total. The second kappa shape index (κ2) is 6.78. The van der Waals surface area contributed by atoms with Gasteiger partial charge in [0.1, 0.15) is 0 Å². The van der Waals surface area contributed by atoms with Crippen molar-refractivity contribution >= 4 is 46.4 Å². The minimum absolute atomic E-state index is 0.0300. The molecule has 0 saturated heterocycles. The Morgan fingerprint density at radius 2 is 1.85 bits per heavy atom. The van der Waals surface area contributed by atoms with E-state index >= 15 is 0 Å². The van der Waals surface area contributed by atoms with Crippen LogP contribution in [0.25, 0.3) is 0 Å². The summed E-state index contributed by atoms with van der Waals surface area (Å²) in [5.74, 6) is -0.877. The van der Waals surface area contributed by atoms with Crippen molar-refractivity contribution in [2.75, 3.05) is 24.6 Å². The van der Waals surface area contributed by atoms with Crippen LogP contribution in [-0.4, -0.2) is 36.3 Å². The molecule has 0 aliphatic carbocycles. The fraction of sp³-hybridized carbons (Fsp3) is 0.333. The first-order valence-corrected chi connectivity index (χ1v) is 6.52.